The van der Waals surface area contributed by atoms with E-state index < -0.39 is 0 Å². The number of fused-ring (bicyclic) bond motifs is 1. The van der Waals surface area contributed by atoms with Crippen molar-refractivity contribution < 1.29 is 4.79 Å². The number of hydrogen-bond donors (Lipinski definition) is 0. The van der Waals surface area contributed by atoms with Gasteiger partial charge in [0.2, 0.25) is 0 Å². The number of carbonyl (C=O) groups is 1. The largest absolute Gasteiger partial charge is 0.298 e. The molecule has 0 aliphatic carbocycles. The van der Waals surface area contributed by atoms with Crippen molar-refractivity contribution in [1.82, 2.24) is 4.90 Å². The Morgan fingerprint density at radius 2 is 2.55 bits per heavy atom. The minimum atomic E-state index is 0.108. The van der Waals surface area contributed by atoms with Gasteiger partial charge in [0.15, 0.2) is 0 Å². The van der Waals surface area contributed by atoms with Gasteiger partial charge in [0.1, 0.15) is 5.37 Å². The number of thioether (sulfide) groups is 1. The lowest BCUT2D eigenvalue weighted by Gasteiger charge is -2.35. The number of β-lactam (4-membered cyclic amide) rings is 1. The van der Waals surface area contributed by atoms with E-state index >= 15 is 0 Å². The van der Waals surface area contributed by atoms with Gasteiger partial charge in [0.05, 0.1) is 5.57 Å². The van der Waals surface area contributed by atoms with E-state index in [9.17, 15) is 4.79 Å². The van der Waals surface area contributed by atoms with Crippen molar-refractivity contribution >= 4 is 17.7 Å². The predicted octanol–water partition coefficient (Wildman–Crippen LogP) is 1.49. The van der Waals surface area contributed by atoms with Crippen LogP contribution in [0.15, 0.2) is 35.9 Å². The Balaban J connectivity index is 2.25. The van der Waals surface area contributed by atoms with Crippen molar-refractivity contribution in [2.45, 2.75) is 5.37 Å². The molecule has 1 amide bonds. The lowest BCUT2D eigenvalue weighted by atomic mass is 10.1. The summed E-state index contributed by atoms with van der Waals surface area (Å²) in [5, 5.41) is 2.17. The summed E-state index contributed by atoms with van der Waals surface area (Å²) in [6.07, 6.45) is 5.26. The summed E-state index contributed by atoms with van der Waals surface area (Å²) in [6, 6.07) is 0. The van der Waals surface area contributed by atoms with Gasteiger partial charge in [0, 0.05) is 6.20 Å². The third-order valence-corrected chi connectivity index (χ3v) is 2.74. The van der Waals surface area contributed by atoms with Crippen LogP contribution in [0.25, 0.3) is 0 Å². The molecule has 0 aromatic heterocycles. The third kappa shape index (κ3) is 0.775. The Kier molecular flexibility index (Phi) is 1.39. The molecule has 0 aromatic carbocycles. The van der Waals surface area contributed by atoms with E-state index in [2.05, 4.69) is 6.58 Å². The Bertz CT molecular complexity index is 280. The second-order valence-corrected chi connectivity index (χ2v) is 3.33. The van der Waals surface area contributed by atoms with Gasteiger partial charge in [0.25, 0.3) is 5.91 Å². The average molecular weight is 165 g/mol. The topological polar surface area (TPSA) is 20.3 Å². The molecule has 2 aliphatic heterocycles. The van der Waals surface area contributed by atoms with Crippen molar-refractivity contribution in [3.05, 3.63) is 35.9 Å². The monoisotopic (exact) mass is 165 g/mol. The fourth-order valence-corrected chi connectivity index (χ4v) is 2.16. The van der Waals surface area contributed by atoms with Gasteiger partial charge in [-0.25, -0.2) is 0 Å². The third-order valence-electron chi connectivity index (χ3n) is 1.73. The molecule has 2 aliphatic rings. The summed E-state index contributed by atoms with van der Waals surface area (Å²) < 4.78 is 0. The second-order valence-electron chi connectivity index (χ2n) is 2.34. The Morgan fingerprint density at radius 3 is 3.27 bits per heavy atom. The molecule has 0 aromatic rings. The molecule has 0 N–H and O–H groups in total. The molecular formula is C8H7NOS. The summed E-state index contributed by atoms with van der Waals surface area (Å²) in [4.78, 5) is 12.9. The van der Waals surface area contributed by atoms with Gasteiger partial charge in [-0.3, -0.25) is 9.69 Å². The Hall–Kier alpha value is -0.960. The van der Waals surface area contributed by atoms with Crippen LogP contribution in [-0.4, -0.2) is 16.2 Å². The molecule has 3 heteroatoms. The number of carbonyl (C=O) groups excluding carboxylic acids is 1. The molecule has 1 saturated heterocycles. The highest BCUT2D eigenvalue weighted by Crippen LogP contribution is 2.40. The molecule has 0 unspecified atom stereocenters. The van der Waals surface area contributed by atoms with Gasteiger partial charge < -0.3 is 0 Å². The zero-order valence-corrected chi connectivity index (χ0v) is 6.67. The highest BCUT2D eigenvalue weighted by Gasteiger charge is 2.42. The molecule has 0 bridgehead atoms. The quantitative estimate of drug-likeness (QED) is 0.433. The standard InChI is InChI=1S/C8H7NOS/c1-2-3-6-7(10)9-4-5-11-8(6)9/h2-5,8H,1H2/t8-/m1/s1. The maximum atomic E-state index is 11.2. The molecular weight excluding hydrogens is 158 g/mol. The first kappa shape index (κ1) is 6.73. The Labute approximate surface area is 69.3 Å². The molecule has 2 rings (SSSR count). The van der Waals surface area contributed by atoms with Crippen LogP contribution in [-0.2, 0) is 4.79 Å². The van der Waals surface area contributed by atoms with Crippen LogP contribution in [0.4, 0.5) is 0 Å². The summed E-state index contributed by atoms with van der Waals surface area (Å²) >= 11 is 1.65. The first-order chi connectivity index (χ1) is 5.34. The van der Waals surface area contributed by atoms with E-state index in [1.54, 1.807) is 28.8 Å². The van der Waals surface area contributed by atoms with Crippen LogP contribution >= 0.6 is 11.8 Å². The molecule has 0 saturated carbocycles. The van der Waals surface area contributed by atoms with E-state index in [1.165, 1.54) is 0 Å². The van der Waals surface area contributed by atoms with E-state index in [0.717, 1.165) is 5.57 Å². The van der Waals surface area contributed by atoms with Crippen molar-refractivity contribution in [3.8, 4) is 0 Å². The molecule has 2 nitrogen and oxygen atoms in total. The zero-order valence-electron chi connectivity index (χ0n) is 5.86. The normalized spacial score (nSPS) is 30.5. The average Bonchev–Trinajstić information content (AvgIpc) is 2.44. The number of nitrogens with zero attached hydrogens (tertiary/aromatic N) is 1. The number of hydrogen-bond acceptors (Lipinski definition) is 2. The van der Waals surface area contributed by atoms with Gasteiger partial charge in [-0.05, 0) is 5.41 Å². The maximum Gasteiger partial charge on any atom is 0.258 e. The lowest BCUT2D eigenvalue weighted by molar-refractivity contribution is -0.130. The van der Waals surface area contributed by atoms with Gasteiger partial charge >= 0.3 is 0 Å². The van der Waals surface area contributed by atoms with Crippen molar-refractivity contribution in [3.63, 3.8) is 0 Å². The first-order valence-electron chi connectivity index (χ1n) is 3.32. The van der Waals surface area contributed by atoms with Crippen molar-refractivity contribution in [1.29, 1.82) is 0 Å². The van der Waals surface area contributed by atoms with Crippen molar-refractivity contribution in [2.75, 3.05) is 0 Å². The van der Waals surface area contributed by atoms with E-state index in [4.69, 9.17) is 0 Å². The molecule has 56 valence electrons. The van der Waals surface area contributed by atoms with E-state index in [0.29, 0.717) is 0 Å². The van der Waals surface area contributed by atoms with Gasteiger partial charge in [-0.2, -0.15) is 0 Å². The highest BCUT2D eigenvalue weighted by molar-refractivity contribution is 8.03. The molecule has 11 heavy (non-hydrogen) atoms. The molecule has 0 radical (unpaired) electrons. The Morgan fingerprint density at radius 1 is 1.73 bits per heavy atom. The fourth-order valence-electron chi connectivity index (χ4n) is 1.19. The lowest BCUT2D eigenvalue weighted by Crippen LogP contribution is -2.47. The SMILES string of the molecule is C=CC=C1C(=O)N2C=CS[C@H]12. The molecule has 1 atom stereocenters. The van der Waals surface area contributed by atoms with Crippen LogP contribution in [0.5, 0.6) is 0 Å². The summed E-state index contributed by atoms with van der Waals surface area (Å²) in [7, 11) is 0. The minimum absolute atomic E-state index is 0.108. The number of allylic oxidation sites excluding steroid dienone is 2. The van der Waals surface area contributed by atoms with Crippen LogP contribution in [0, 0.1) is 0 Å². The van der Waals surface area contributed by atoms with Crippen LogP contribution in [0.3, 0.4) is 0 Å². The molecule has 0 spiro atoms. The summed E-state index contributed by atoms with van der Waals surface area (Å²) in [6.45, 7) is 3.55. The number of rotatable bonds is 1. The second kappa shape index (κ2) is 2.27. The van der Waals surface area contributed by atoms with Gasteiger partial charge in [-0.1, -0.05) is 18.7 Å². The van der Waals surface area contributed by atoms with E-state index in [1.807, 2.05) is 11.6 Å². The fraction of sp³-hybridized carbons (Fsp3) is 0.125. The maximum absolute atomic E-state index is 11.2. The highest BCUT2D eigenvalue weighted by atomic mass is 32.2. The molecule has 2 heterocycles. The summed E-state index contributed by atoms with van der Waals surface area (Å²) in [5.74, 6) is 0.108. The zero-order chi connectivity index (χ0) is 7.84. The first-order valence-corrected chi connectivity index (χ1v) is 4.26. The van der Waals surface area contributed by atoms with E-state index in [-0.39, 0.29) is 11.3 Å². The van der Waals surface area contributed by atoms with Crippen LogP contribution in [0.1, 0.15) is 0 Å². The van der Waals surface area contributed by atoms with Crippen molar-refractivity contribution in [2.24, 2.45) is 0 Å². The number of amides is 1. The van der Waals surface area contributed by atoms with Gasteiger partial charge in [-0.15, -0.1) is 11.8 Å². The van der Waals surface area contributed by atoms with Crippen LogP contribution in [0.2, 0.25) is 0 Å². The predicted molar refractivity (Wildman–Crippen MR) is 45.6 cm³/mol. The summed E-state index contributed by atoms with van der Waals surface area (Å²) in [5.41, 5.74) is 0.856. The minimum Gasteiger partial charge on any atom is -0.298 e. The van der Waals surface area contributed by atoms with Crippen LogP contribution < -0.4 is 0 Å². The molecule has 1 fully saturated rings. The smallest absolute Gasteiger partial charge is 0.258 e.